The number of alkyl halides is 3. The van der Waals surface area contributed by atoms with Gasteiger partial charge in [-0.25, -0.2) is 0 Å². The highest BCUT2D eigenvalue weighted by Crippen LogP contribution is 2.33. The van der Waals surface area contributed by atoms with E-state index in [1.807, 2.05) is 19.1 Å². The molecule has 0 aromatic heterocycles. The van der Waals surface area contributed by atoms with Crippen LogP contribution in [0.5, 0.6) is 0 Å². The van der Waals surface area contributed by atoms with Gasteiger partial charge >= 0.3 is 6.18 Å². The van der Waals surface area contributed by atoms with Crippen molar-refractivity contribution in [3.63, 3.8) is 0 Å². The van der Waals surface area contributed by atoms with Gasteiger partial charge in [-0.1, -0.05) is 12.1 Å². The highest BCUT2D eigenvalue weighted by molar-refractivity contribution is 7.99. The summed E-state index contributed by atoms with van der Waals surface area (Å²) >= 11 is 0.820. The van der Waals surface area contributed by atoms with Crippen molar-refractivity contribution in [3.05, 3.63) is 24.3 Å². The van der Waals surface area contributed by atoms with Gasteiger partial charge in [-0.2, -0.15) is 13.2 Å². The molecular formula is C14H18F3NOS. The van der Waals surface area contributed by atoms with Crippen LogP contribution in [0.3, 0.4) is 0 Å². The molecule has 2 rings (SSSR count). The summed E-state index contributed by atoms with van der Waals surface area (Å²) in [4.78, 5) is 0.635. The fraction of sp³-hybridized carbons (Fsp3) is 0.571. The first-order valence-electron chi connectivity index (χ1n) is 6.58. The fourth-order valence-corrected chi connectivity index (χ4v) is 2.96. The standard InChI is InChI=1S/C14H18F3NOS/c1-10(11-6-7-19-8-11)18-12-4-2-3-5-13(12)20-9-14(15,16)17/h2-5,10-11,18H,6-9H2,1H3. The Bertz CT molecular complexity index is 433. The van der Waals surface area contributed by atoms with Gasteiger partial charge in [-0.05, 0) is 25.5 Å². The third-order valence-electron chi connectivity index (χ3n) is 3.33. The van der Waals surface area contributed by atoms with Crippen LogP contribution in [0.1, 0.15) is 13.3 Å². The molecule has 1 aliphatic rings. The maximum absolute atomic E-state index is 12.3. The van der Waals surface area contributed by atoms with E-state index >= 15 is 0 Å². The zero-order valence-electron chi connectivity index (χ0n) is 11.2. The second kappa shape index (κ2) is 6.72. The van der Waals surface area contributed by atoms with Gasteiger partial charge in [0.15, 0.2) is 0 Å². The molecule has 2 atom stereocenters. The molecule has 1 N–H and O–H groups in total. The Morgan fingerprint density at radius 1 is 1.40 bits per heavy atom. The van der Waals surface area contributed by atoms with Gasteiger partial charge < -0.3 is 10.1 Å². The van der Waals surface area contributed by atoms with Crippen LogP contribution in [-0.4, -0.2) is 31.2 Å². The molecule has 1 saturated heterocycles. The van der Waals surface area contributed by atoms with Gasteiger partial charge in [0, 0.05) is 29.1 Å². The lowest BCUT2D eigenvalue weighted by Crippen LogP contribution is -2.26. The second-order valence-electron chi connectivity index (χ2n) is 4.96. The number of hydrogen-bond acceptors (Lipinski definition) is 3. The van der Waals surface area contributed by atoms with E-state index in [4.69, 9.17) is 4.74 Å². The number of nitrogens with one attached hydrogen (secondary N) is 1. The lowest BCUT2D eigenvalue weighted by atomic mass is 10.0. The first kappa shape index (κ1) is 15.5. The van der Waals surface area contributed by atoms with Crippen LogP contribution >= 0.6 is 11.8 Å². The van der Waals surface area contributed by atoms with Crippen molar-refractivity contribution in [2.45, 2.75) is 30.5 Å². The SMILES string of the molecule is CC(Nc1ccccc1SCC(F)(F)F)C1CCOC1. The Balaban J connectivity index is 1.99. The van der Waals surface area contributed by atoms with Crippen molar-refractivity contribution in [2.75, 3.05) is 24.3 Å². The Morgan fingerprint density at radius 3 is 2.80 bits per heavy atom. The minimum Gasteiger partial charge on any atom is -0.381 e. The van der Waals surface area contributed by atoms with Crippen LogP contribution in [0, 0.1) is 5.92 Å². The molecule has 0 bridgehead atoms. The van der Waals surface area contributed by atoms with E-state index in [0.717, 1.165) is 30.5 Å². The normalized spacial score (nSPS) is 20.9. The first-order valence-corrected chi connectivity index (χ1v) is 7.57. The summed E-state index contributed by atoms with van der Waals surface area (Å²) in [6.07, 6.45) is -3.16. The van der Waals surface area contributed by atoms with Crippen LogP contribution in [-0.2, 0) is 4.74 Å². The molecule has 112 valence electrons. The van der Waals surface area contributed by atoms with E-state index in [1.54, 1.807) is 12.1 Å². The summed E-state index contributed by atoms with van der Waals surface area (Å²) in [5.41, 5.74) is 0.765. The van der Waals surface area contributed by atoms with Crippen molar-refractivity contribution < 1.29 is 17.9 Å². The smallest absolute Gasteiger partial charge is 0.381 e. The summed E-state index contributed by atoms with van der Waals surface area (Å²) in [6, 6.07) is 7.32. The summed E-state index contributed by atoms with van der Waals surface area (Å²) in [5, 5.41) is 3.32. The number of hydrogen-bond donors (Lipinski definition) is 1. The summed E-state index contributed by atoms with van der Waals surface area (Å²) in [5.74, 6) is -0.456. The first-order chi connectivity index (χ1) is 9.46. The molecule has 0 radical (unpaired) electrons. The van der Waals surface area contributed by atoms with Crippen molar-refractivity contribution >= 4 is 17.4 Å². The Morgan fingerprint density at radius 2 is 2.15 bits per heavy atom. The van der Waals surface area contributed by atoms with E-state index in [1.165, 1.54) is 0 Å². The predicted octanol–water partition coefficient (Wildman–Crippen LogP) is 4.18. The number of benzene rings is 1. The van der Waals surface area contributed by atoms with Gasteiger partial charge in [-0.15, -0.1) is 11.8 Å². The van der Waals surface area contributed by atoms with Crippen LogP contribution in [0.2, 0.25) is 0 Å². The molecule has 20 heavy (non-hydrogen) atoms. The number of ether oxygens (including phenoxy) is 1. The van der Waals surface area contributed by atoms with Gasteiger partial charge in [-0.3, -0.25) is 0 Å². The maximum atomic E-state index is 12.3. The Kier molecular flexibility index (Phi) is 5.21. The Hall–Kier alpha value is -0.880. The molecule has 0 aliphatic carbocycles. The van der Waals surface area contributed by atoms with E-state index < -0.39 is 11.9 Å². The molecule has 1 aliphatic heterocycles. The van der Waals surface area contributed by atoms with Crippen molar-refractivity contribution in [1.29, 1.82) is 0 Å². The van der Waals surface area contributed by atoms with Crippen molar-refractivity contribution in [2.24, 2.45) is 5.92 Å². The molecular weight excluding hydrogens is 287 g/mol. The molecule has 1 aromatic carbocycles. The van der Waals surface area contributed by atoms with E-state index in [9.17, 15) is 13.2 Å². The zero-order chi connectivity index (χ0) is 14.6. The zero-order valence-corrected chi connectivity index (χ0v) is 12.1. The number of thioether (sulfide) groups is 1. The van der Waals surface area contributed by atoms with Crippen LogP contribution < -0.4 is 5.32 Å². The average Bonchev–Trinajstić information content (AvgIpc) is 2.90. The van der Waals surface area contributed by atoms with E-state index in [0.29, 0.717) is 17.4 Å². The summed E-state index contributed by atoms with van der Waals surface area (Å²) in [6.45, 7) is 3.53. The molecule has 2 nitrogen and oxygen atoms in total. The van der Waals surface area contributed by atoms with E-state index in [2.05, 4.69) is 5.32 Å². The van der Waals surface area contributed by atoms with Gasteiger partial charge in [0.05, 0.1) is 12.4 Å². The van der Waals surface area contributed by atoms with Crippen molar-refractivity contribution in [3.8, 4) is 0 Å². The molecule has 2 unspecified atom stereocenters. The molecule has 1 aromatic rings. The van der Waals surface area contributed by atoms with Gasteiger partial charge in [0.2, 0.25) is 0 Å². The van der Waals surface area contributed by atoms with Gasteiger partial charge in [0.25, 0.3) is 0 Å². The number of rotatable bonds is 5. The molecule has 1 fully saturated rings. The lowest BCUT2D eigenvalue weighted by molar-refractivity contribution is -0.105. The molecule has 6 heteroatoms. The summed E-state index contributed by atoms with van der Waals surface area (Å²) in [7, 11) is 0. The molecule has 0 spiro atoms. The second-order valence-corrected chi connectivity index (χ2v) is 5.97. The largest absolute Gasteiger partial charge is 0.398 e. The fourth-order valence-electron chi connectivity index (χ4n) is 2.18. The number of anilines is 1. The van der Waals surface area contributed by atoms with E-state index in [-0.39, 0.29) is 6.04 Å². The van der Waals surface area contributed by atoms with Crippen LogP contribution in [0.4, 0.5) is 18.9 Å². The monoisotopic (exact) mass is 305 g/mol. The van der Waals surface area contributed by atoms with Crippen molar-refractivity contribution in [1.82, 2.24) is 0 Å². The molecule has 0 saturated carbocycles. The molecule has 0 amide bonds. The topological polar surface area (TPSA) is 21.3 Å². The lowest BCUT2D eigenvalue weighted by Gasteiger charge is -2.22. The highest BCUT2D eigenvalue weighted by Gasteiger charge is 2.28. The van der Waals surface area contributed by atoms with Gasteiger partial charge in [0.1, 0.15) is 0 Å². The summed E-state index contributed by atoms with van der Waals surface area (Å²) < 4.78 is 42.3. The quantitative estimate of drug-likeness (QED) is 0.825. The minimum atomic E-state index is -4.15. The number of halogens is 3. The Labute approximate surface area is 121 Å². The predicted molar refractivity (Wildman–Crippen MR) is 75.2 cm³/mol. The third kappa shape index (κ3) is 4.59. The highest BCUT2D eigenvalue weighted by atomic mass is 32.2. The third-order valence-corrected chi connectivity index (χ3v) is 4.47. The number of para-hydroxylation sites is 1. The maximum Gasteiger partial charge on any atom is 0.398 e. The molecule has 1 heterocycles. The van der Waals surface area contributed by atoms with Crippen LogP contribution in [0.25, 0.3) is 0 Å². The average molecular weight is 305 g/mol. The van der Waals surface area contributed by atoms with Crippen LogP contribution in [0.15, 0.2) is 29.2 Å². The minimum absolute atomic E-state index is 0.185.